The van der Waals surface area contributed by atoms with Crippen molar-refractivity contribution in [1.82, 2.24) is 24.8 Å². The molecule has 3 heterocycles. The fraction of sp³-hybridized carbons (Fsp3) is 0.400. The highest BCUT2D eigenvalue weighted by molar-refractivity contribution is 5.68. The Balaban J connectivity index is 1.42. The SMILES string of the molecule is CC(C)(C)OC(=O)N[C@H]1CC[C@H](Nc2ncc(F)c(-c3ccnc(-n4ccccc4=O)c3)n2)CC1. The topological polar surface area (TPSA) is 111 Å². The lowest BCUT2D eigenvalue weighted by molar-refractivity contribution is 0.0492. The molecule has 1 saturated carbocycles. The molecule has 1 aliphatic carbocycles. The largest absolute Gasteiger partial charge is 0.444 e. The van der Waals surface area contributed by atoms with E-state index in [1.165, 1.54) is 16.8 Å². The third kappa shape index (κ3) is 6.40. The Morgan fingerprint density at radius 2 is 1.86 bits per heavy atom. The van der Waals surface area contributed by atoms with Crippen LogP contribution in [0.15, 0.2) is 53.7 Å². The number of rotatable bonds is 5. The van der Waals surface area contributed by atoms with Crippen molar-refractivity contribution in [3.63, 3.8) is 0 Å². The summed E-state index contributed by atoms with van der Waals surface area (Å²) in [7, 11) is 0. The van der Waals surface area contributed by atoms with Gasteiger partial charge in [-0.05, 0) is 64.7 Å². The number of carbonyl (C=O) groups is 1. The van der Waals surface area contributed by atoms with Gasteiger partial charge in [0.1, 0.15) is 17.1 Å². The molecule has 0 aromatic carbocycles. The van der Waals surface area contributed by atoms with Crippen LogP contribution in [-0.4, -0.2) is 43.3 Å². The van der Waals surface area contributed by atoms with Crippen LogP contribution in [0, 0.1) is 5.82 Å². The normalized spacial score (nSPS) is 18.1. The van der Waals surface area contributed by atoms with E-state index in [-0.39, 0.29) is 23.3 Å². The number of alkyl carbamates (subject to hydrolysis) is 1. The van der Waals surface area contributed by atoms with E-state index in [9.17, 15) is 14.0 Å². The number of carbonyl (C=O) groups excluding carboxylic acids is 1. The van der Waals surface area contributed by atoms with Gasteiger partial charge >= 0.3 is 6.09 Å². The number of nitrogens with one attached hydrogen (secondary N) is 2. The van der Waals surface area contributed by atoms with Gasteiger partial charge in [0.2, 0.25) is 5.95 Å². The third-order valence-corrected chi connectivity index (χ3v) is 5.61. The van der Waals surface area contributed by atoms with Gasteiger partial charge in [0.25, 0.3) is 5.56 Å². The third-order valence-electron chi connectivity index (χ3n) is 5.61. The van der Waals surface area contributed by atoms with Crippen molar-refractivity contribution < 1.29 is 13.9 Å². The zero-order valence-corrected chi connectivity index (χ0v) is 20.0. The first-order valence-electron chi connectivity index (χ1n) is 11.6. The summed E-state index contributed by atoms with van der Waals surface area (Å²) in [6, 6.07) is 8.20. The molecule has 1 amide bonds. The van der Waals surface area contributed by atoms with E-state index in [1.54, 1.807) is 30.5 Å². The Morgan fingerprint density at radius 1 is 1.11 bits per heavy atom. The van der Waals surface area contributed by atoms with Crippen molar-refractivity contribution in [3.8, 4) is 17.1 Å². The molecule has 184 valence electrons. The summed E-state index contributed by atoms with van der Waals surface area (Å²) in [5.41, 5.74) is -0.165. The number of pyridine rings is 2. The van der Waals surface area contributed by atoms with Crippen molar-refractivity contribution in [2.45, 2.75) is 64.1 Å². The van der Waals surface area contributed by atoms with Crippen LogP contribution in [0.4, 0.5) is 15.1 Å². The van der Waals surface area contributed by atoms with E-state index < -0.39 is 17.5 Å². The lowest BCUT2D eigenvalue weighted by Gasteiger charge is -2.30. The average molecular weight is 481 g/mol. The molecule has 3 aromatic rings. The first kappa shape index (κ1) is 24.3. The maximum atomic E-state index is 14.6. The average Bonchev–Trinajstić information content (AvgIpc) is 2.81. The van der Waals surface area contributed by atoms with E-state index in [1.807, 2.05) is 20.8 Å². The van der Waals surface area contributed by atoms with Gasteiger partial charge in [-0.1, -0.05) is 6.07 Å². The van der Waals surface area contributed by atoms with Gasteiger partial charge in [0, 0.05) is 36.1 Å². The highest BCUT2D eigenvalue weighted by Crippen LogP contribution is 2.25. The van der Waals surface area contributed by atoms with Crippen molar-refractivity contribution >= 4 is 12.0 Å². The highest BCUT2D eigenvalue weighted by atomic mass is 19.1. The molecular formula is C25H29FN6O3. The molecule has 2 N–H and O–H groups in total. The van der Waals surface area contributed by atoms with Gasteiger partial charge in [-0.15, -0.1) is 0 Å². The fourth-order valence-corrected chi connectivity index (χ4v) is 3.99. The minimum Gasteiger partial charge on any atom is -0.444 e. The Kier molecular flexibility index (Phi) is 7.09. The summed E-state index contributed by atoms with van der Waals surface area (Å²) in [5, 5.41) is 6.20. The second-order valence-electron chi connectivity index (χ2n) is 9.54. The van der Waals surface area contributed by atoms with Crippen LogP contribution < -0.4 is 16.2 Å². The molecule has 3 aromatic heterocycles. The highest BCUT2D eigenvalue weighted by Gasteiger charge is 2.25. The van der Waals surface area contributed by atoms with Gasteiger partial charge < -0.3 is 15.4 Å². The van der Waals surface area contributed by atoms with E-state index in [4.69, 9.17) is 4.74 Å². The number of aromatic nitrogens is 4. The zero-order valence-electron chi connectivity index (χ0n) is 20.0. The standard InChI is InChI=1S/C25H29FN6O3/c1-25(2,3)35-24(34)30-18-9-7-17(8-10-18)29-23-28-15-19(26)22(31-23)16-11-12-27-20(14-16)32-13-5-4-6-21(32)33/h4-6,11-15,17-18H,7-10H2,1-3H3,(H,30,34)(H,28,29,31)/t17-,18-. The monoisotopic (exact) mass is 480 g/mol. The van der Waals surface area contributed by atoms with Crippen molar-refractivity contribution in [1.29, 1.82) is 0 Å². The number of hydrogen-bond donors (Lipinski definition) is 2. The number of ether oxygens (including phenoxy) is 1. The van der Waals surface area contributed by atoms with Crippen LogP contribution in [0.1, 0.15) is 46.5 Å². The van der Waals surface area contributed by atoms with Gasteiger partial charge in [-0.2, -0.15) is 0 Å². The molecule has 0 unspecified atom stereocenters. The maximum absolute atomic E-state index is 14.6. The van der Waals surface area contributed by atoms with Crippen molar-refractivity contribution in [2.75, 3.05) is 5.32 Å². The van der Waals surface area contributed by atoms with Crippen LogP contribution in [0.3, 0.4) is 0 Å². The van der Waals surface area contributed by atoms with Crippen LogP contribution >= 0.6 is 0 Å². The second kappa shape index (κ2) is 10.2. The minimum atomic E-state index is -0.571. The molecule has 1 fully saturated rings. The summed E-state index contributed by atoms with van der Waals surface area (Å²) in [5.74, 6) is 0.120. The molecule has 0 atom stereocenters. The van der Waals surface area contributed by atoms with E-state index >= 15 is 0 Å². The number of amides is 1. The summed E-state index contributed by atoms with van der Waals surface area (Å²) in [6.07, 6.45) is 7.00. The molecule has 4 rings (SSSR count). The van der Waals surface area contributed by atoms with Crippen LogP contribution in [0.5, 0.6) is 0 Å². The Morgan fingerprint density at radius 3 is 2.57 bits per heavy atom. The van der Waals surface area contributed by atoms with Crippen molar-refractivity contribution in [2.24, 2.45) is 0 Å². The molecule has 0 spiro atoms. The van der Waals surface area contributed by atoms with Gasteiger partial charge in [-0.25, -0.2) is 24.1 Å². The molecule has 10 heteroatoms. The molecular weight excluding hydrogens is 451 g/mol. The number of hydrogen-bond acceptors (Lipinski definition) is 7. The molecule has 0 aliphatic heterocycles. The Labute approximate surface area is 202 Å². The maximum Gasteiger partial charge on any atom is 0.407 e. The van der Waals surface area contributed by atoms with Crippen LogP contribution in [0.25, 0.3) is 17.1 Å². The molecule has 0 bridgehead atoms. The number of halogens is 1. The van der Waals surface area contributed by atoms with E-state index in [0.29, 0.717) is 17.3 Å². The lowest BCUT2D eigenvalue weighted by Crippen LogP contribution is -2.42. The molecule has 9 nitrogen and oxygen atoms in total. The lowest BCUT2D eigenvalue weighted by atomic mass is 9.91. The van der Waals surface area contributed by atoms with E-state index in [2.05, 4.69) is 25.6 Å². The van der Waals surface area contributed by atoms with Gasteiger partial charge in [0.15, 0.2) is 5.82 Å². The first-order chi connectivity index (χ1) is 16.7. The number of anilines is 1. The quantitative estimate of drug-likeness (QED) is 0.566. The molecule has 0 saturated heterocycles. The van der Waals surface area contributed by atoms with Crippen LogP contribution in [-0.2, 0) is 4.74 Å². The summed E-state index contributed by atoms with van der Waals surface area (Å²) < 4.78 is 21.4. The van der Waals surface area contributed by atoms with Gasteiger partial charge in [-0.3, -0.25) is 9.36 Å². The Hall–Kier alpha value is -3.82. The summed E-state index contributed by atoms with van der Waals surface area (Å²) in [4.78, 5) is 36.9. The molecule has 0 radical (unpaired) electrons. The first-order valence-corrected chi connectivity index (χ1v) is 11.6. The zero-order chi connectivity index (χ0) is 25.0. The summed E-state index contributed by atoms with van der Waals surface area (Å²) in [6.45, 7) is 5.50. The van der Waals surface area contributed by atoms with Gasteiger partial charge in [0.05, 0.1) is 6.20 Å². The predicted octanol–water partition coefficient (Wildman–Crippen LogP) is 4.08. The van der Waals surface area contributed by atoms with Crippen LogP contribution in [0.2, 0.25) is 0 Å². The minimum absolute atomic E-state index is 0.0456. The number of nitrogens with zero attached hydrogens (tertiary/aromatic N) is 4. The van der Waals surface area contributed by atoms with Crippen molar-refractivity contribution in [3.05, 3.63) is 65.1 Å². The predicted molar refractivity (Wildman–Crippen MR) is 130 cm³/mol. The van der Waals surface area contributed by atoms with E-state index in [0.717, 1.165) is 31.9 Å². The summed E-state index contributed by atoms with van der Waals surface area (Å²) >= 11 is 0. The fourth-order valence-electron chi connectivity index (χ4n) is 3.99. The second-order valence-corrected chi connectivity index (χ2v) is 9.54. The Bertz CT molecular complexity index is 1250. The smallest absolute Gasteiger partial charge is 0.407 e. The molecule has 1 aliphatic rings. The molecule has 35 heavy (non-hydrogen) atoms.